The fraction of sp³-hybridized carbons (Fsp3) is 0.471. The Balaban J connectivity index is 2.12. The van der Waals surface area contributed by atoms with Gasteiger partial charge in [0.15, 0.2) is 11.7 Å². The third kappa shape index (κ3) is 4.57. The van der Waals surface area contributed by atoms with Crippen LogP contribution in [0.3, 0.4) is 0 Å². The highest BCUT2D eigenvalue weighted by molar-refractivity contribution is 6.74. The summed E-state index contributed by atoms with van der Waals surface area (Å²) >= 11 is 0. The summed E-state index contributed by atoms with van der Waals surface area (Å²) in [5.41, 5.74) is 0. The summed E-state index contributed by atoms with van der Waals surface area (Å²) in [6.45, 7) is 12.6. The molecule has 0 saturated carbocycles. The molecule has 0 bridgehead atoms. The summed E-state index contributed by atoms with van der Waals surface area (Å²) < 4.78 is 30.9. The Bertz CT molecular complexity index is 677. The number of benzene rings is 1. The van der Waals surface area contributed by atoms with Crippen molar-refractivity contribution >= 4 is 8.32 Å². The summed E-state index contributed by atoms with van der Waals surface area (Å²) in [5.74, 6) is 1.70. The SMILES string of the molecule is Cc1ncc(COc2cc(F)cc(O[Si](C)(C)C(C)(C)C)c2)o1. The van der Waals surface area contributed by atoms with Crippen molar-refractivity contribution in [3.05, 3.63) is 41.9 Å². The van der Waals surface area contributed by atoms with Crippen molar-refractivity contribution in [2.75, 3.05) is 0 Å². The van der Waals surface area contributed by atoms with E-state index < -0.39 is 8.32 Å². The molecule has 0 fully saturated rings. The number of nitrogens with zero attached hydrogens (tertiary/aromatic N) is 1. The molecule has 2 rings (SSSR count). The molecule has 0 radical (unpaired) electrons. The maximum atomic E-state index is 13.8. The van der Waals surface area contributed by atoms with E-state index in [1.54, 1.807) is 19.2 Å². The molecule has 0 aliphatic rings. The average molecular weight is 337 g/mol. The molecule has 6 heteroatoms. The number of hydrogen-bond donors (Lipinski definition) is 0. The molecule has 1 aromatic carbocycles. The smallest absolute Gasteiger partial charge is 0.250 e. The van der Waals surface area contributed by atoms with Gasteiger partial charge >= 0.3 is 0 Å². The van der Waals surface area contributed by atoms with Crippen LogP contribution < -0.4 is 9.16 Å². The van der Waals surface area contributed by atoms with E-state index in [1.807, 2.05) is 0 Å². The van der Waals surface area contributed by atoms with Crippen LogP contribution in [0.15, 0.2) is 28.8 Å². The van der Waals surface area contributed by atoms with Crippen LogP contribution in [0.2, 0.25) is 18.1 Å². The van der Waals surface area contributed by atoms with Crippen molar-refractivity contribution in [2.24, 2.45) is 0 Å². The predicted octanol–water partition coefficient (Wildman–Crippen LogP) is 5.09. The Morgan fingerprint density at radius 1 is 1.17 bits per heavy atom. The third-order valence-corrected chi connectivity index (χ3v) is 8.43. The number of hydrogen-bond acceptors (Lipinski definition) is 4. The zero-order valence-corrected chi connectivity index (χ0v) is 15.6. The second-order valence-electron chi connectivity index (χ2n) is 7.12. The van der Waals surface area contributed by atoms with E-state index in [4.69, 9.17) is 13.6 Å². The molecule has 0 amide bonds. The highest BCUT2D eigenvalue weighted by Gasteiger charge is 2.39. The Hall–Kier alpha value is -1.82. The second kappa shape index (κ2) is 6.35. The van der Waals surface area contributed by atoms with Crippen LogP contribution in [0.5, 0.6) is 11.5 Å². The van der Waals surface area contributed by atoms with E-state index in [-0.39, 0.29) is 17.5 Å². The lowest BCUT2D eigenvalue weighted by Gasteiger charge is -2.36. The Morgan fingerprint density at radius 3 is 2.39 bits per heavy atom. The van der Waals surface area contributed by atoms with Crippen molar-refractivity contribution < 1.29 is 18.0 Å². The highest BCUT2D eigenvalue weighted by atomic mass is 28.4. The Labute approximate surface area is 137 Å². The summed E-state index contributed by atoms with van der Waals surface area (Å²) in [5, 5.41) is 0.0394. The normalized spacial score (nSPS) is 12.3. The first-order valence-electron chi connectivity index (χ1n) is 7.60. The maximum absolute atomic E-state index is 13.8. The van der Waals surface area contributed by atoms with Gasteiger partial charge in [0.25, 0.3) is 0 Å². The van der Waals surface area contributed by atoms with Crippen molar-refractivity contribution in [3.8, 4) is 11.5 Å². The molecule has 4 nitrogen and oxygen atoms in total. The van der Waals surface area contributed by atoms with Crippen LogP contribution in [0.4, 0.5) is 4.39 Å². The molecule has 1 heterocycles. The molecule has 0 atom stereocenters. The quantitative estimate of drug-likeness (QED) is 0.713. The Kier molecular flexibility index (Phi) is 4.84. The summed E-state index contributed by atoms with van der Waals surface area (Å²) in [7, 11) is -2.03. The summed E-state index contributed by atoms with van der Waals surface area (Å²) in [4.78, 5) is 4.00. The van der Waals surface area contributed by atoms with Gasteiger partial charge in [-0.15, -0.1) is 0 Å². The fourth-order valence-electron chi connectivity index (χ4n) is 1.75. The molecule has 0 N–H and O–H groups in total. The molecular weight excluding hydrogens is 313 g/mol. The molecule has 0 spiro atoms. The van der Waals surface area contributed by atoms with Gasteiger partial charge in [-0.25, -0.2) is 9.37 Å². The maximum Gasteiger partial charge on any atom is 0.250 e. The predicted molar refractivity (Wildman–Crippen MR) is 89.8 cm³/mol. The van der Waals surface area contributed by atoms with Crippen LogP contribution in [-0.4, -0.2) is 13.3 Å². The van der Waals surface area contributed by atoms with Crippen LogP contribution in [0.25, 0.3) is 0 Å². The molecule has 0 aliphatic heterocycles. The lowest BCUT2D eigenvalue weighted by atomic mass is 10.2. The number of rotatable bonds is 5. The van der Waals surface area contributed by atoms with Gasteiger partial charge < -0.3 is 13.6 Å². The van der Waals surface area contributed by atoms with E-state index in [9.17, 15) is 4.39 Å². The molecule has 23 heavy (non-hydrogen) atoms. The third-order valence-electron chi connectivity index (χ3n) is 4.07. The van der Waals surface area contributed by atoms with Crippen molar-refractivity contribution in [1.82, 2.24) is 4.98 Å². The summed E-state index contributed by atoms with van der Waals surface area (Å²) in [6, 6.07) is 4.44. The molecule has 126 valence electrons. The van der Waals surface area contributed by atoms with E-state index in [2.05, 4.69) is 38.8 Å². The number of halogens is 1. The second-order valence-corrected chi connectivity index (χ2v) is 11.8. The highest BCUT2D eigenvalue weighted by Crippen LogP contribution is 2.38. The summed E-state index contributed by atoms with van der Waals surface area (Å²) in [6.07, 6.45) is 1.60. The van der Waals surface area contributed by atoms with Crippen LogP contribution >= 0.6 is 0 Å². The fourth-order valence-corrected chi connectivity index (χ4v) is 2.77. The van der Waals surface area contributed by atoms with Gasteiger partial charge in [-0.1, -0.05) is 20.8 Å². The molecule has 1 aromatic heterocycles. The van der Waals surface area contributed by atoms with Crippen molar-refractivity contribution in [2.45, 2.75) is 52.4 Å². The lowest BCUT2D eigenvalue weighted by molar-refractivity contribution is 0.265. The zero-order chi connectivity index (χ0) is 17.3. The molecule has 0 aliphatic carbocycles. The lowest BCUT2D eigenvalue weighted by Crippen LogP contribution is -2.43. The van der Waals surface area contributed by atoms with Gasteiger partial charge in [-0.2, -0.15) is 0 Å². The number of aromatic nitrogens is 1. The molecule has 0 saturated heterocycles. The topological polar surface area (TPSA) is 44.5 Å². The van der Waals surface area contributed by atoms with E-state index in [0.717, 1.165) is 0 Å². The van der Waals surface area contributed by atoms with Crippen LogP contribution in [-0.2, 0) is 6.61 Å². The number of oxazole rings is 1. The van der Waals surface area contributed by atoms with Gasteiger partial charge in [0, 0.05) is 25.1 Å². The minimum Gasteiger partial charge on any atom is -0.543 e. The molecular formula is C17H24FNO3Si. The molecule has 0 unspecified atom stereocenters. The van der Waals surface area contributed by atoms with Gasteiger partial charge in [0.2, 0.25) is 8.32 Å². The molecule has 2 aromatic rings. The van der Waals surface area contributed by atoms with Crippen LogP contribution in [0, 0.1) is 12.7 Å². The largest absolute Gasteiger partial charge is 0.543 e. The minimum absolute atomic E-state index is 0.0394. The first-order chi connectivity index (χ1) is 10.6. The van der Waals surface area contributed by atoms with E-state index in [1.165, 1.54) is 12.1 Å². The number of aryl methyl sites for hydroxylation is 1. The van der Waals surface area contributed by atoms with Crippen molar-refractivity contribution in [3.63, 3.8) is 0 Å². The standard InChI is InChI=1S/C17H24FNO3Si/c1-12-19-10-16(21-12)11-20-14-7-13(18)8-15(9-14)22-23(5,6)17(2,3)4/h7-10H,11H2,1-6H3. The van der Waals surface area contributed by atoms with E-state index in [0.29, 0.717) is 23.1 Å². The van der Waals surface area contributed by atoms with Gasteiger partial charge in [0.1, 0.15) is 23.9 Å². The number of ether oxygens (including phenoxy) is 1. The van der Waals surface area contributed by atoms with Crippen LogP contribution in [0.1, 0.15) is 32.4 Å². The first-order valence-corrected chi connectivity index (χ1v) is 10.5. The average Bonchev–Trinajstić information content (AvgIpc) is 2.79. The Morgan fingerprint density at radius 2 is 1.83 bits per heavy atom. The zero-order valence-electron chi connectivity index (χ0n) is 14.6. The van der Waals surface area contributed by atoms with Gasteiger partial charge in [-0.3, -0.25) is 0 Å². The van der Waals surface area contributed by atoms with Gasteiger partial charge in [-0.05, 0) is 18.1 Å². The van der Waals surface area contributed by atoms with Gasteiger partial charge in [0.05, 0.1) is 6.20 Å². The van der Waals surface area contributed by atoms with Crippen molar-refractivity contribution in [1.29, 1.82) is 0 Å². The minimum atomic E-state index is -2.03. The van der Waals surface area contributed by atoms with E-state index >= 15 is 0 Å². The first kappa shape index (κ1) is 17.5. The monoisotopic (exact) mass is 337 g/mol.